The smallest absolute Gasteiger partial charge is 0.271 e. The van der Waals surface area contributed by atoms with Crippen molar-refractivity contribution in [1.29, 1.82) is 0 Å². The van der Waals surface area contributed by atoms with Crippen molar-refractivity contribution in [1.82, 2.24) is 0 Å². The van der Waals surface area contributed by atoms with Crippen LogP contribution in [0.5, 0.6) is 0 Å². The van der Waals surface area contributed by atoms with E-state index in [1.54, 1.807) is 12.1 Å². The molecule has 138 valence electrons. The summed E-state index contributed by atoms with van der Waals surface area (Å²) in [5.74, 6) is 0.399. The number of carbonyl (C=O) groups is 1. The van der Waals surface area contributed by atoms with E-state index >= 15 is 0 Å². The molecule has 1 N–H and O–H groups in total. The quantitative estimate of drug-likeness (QED) is 0.844. The minimum Gasteiger partial charge on any atom is -0.312 e. The Kier molecular flexibility index (Phi) is 4.52. The van der Waals surface area contributed by atoms with Gasteiger partial charge in [0.25, 0.3) is 10.0 Å². The Balaban J connectivity index is 1.58. The van der Waals surface area contributed by atoms with Crippen LogP contribution in [0.15, 0.2) is 34.5 Å². The van der Waals surface area contributed by atoms with Crippen molar-refractivity contribution in [2.24, 2.45) is 5.92 Å². The number of amides is 1. The lowest BCUT2D eigenvalue weighted by Gasteiger charge is -2.30. The number of aryl methyl sites for hydroxylation is 2. The van der Waals surface area contributed by atoms with E-state index in [1.165, 1.54) is 11.3 Å². The molecule has 0 unspecified atom stereocenters. The highest BCUT2D eigenvalue weighted by Gasteiger charge is 2.35. The normalized spacial score (nSPS) is 17.0. The van der Waals surface area contributed by atoms with E-state index in [1.807, 2.05) is 30.0 Å². The van der Waals surface area contributed by atoms with Crippen molar-refractivity contribution in [3.05, 3.63) is 40.8 Å². The third-order valence-corrected chi connectivity index (χ3v) is 8.00. The summed E-state index contributed by atoms with van der Waals surface area (Å²) in [5.41, 5.74) is 2.52. The number of fused-ring (bicyclic) bond motifs is 1. The number of hydrogen-bond donors (Lipinski definition) is 1. The summed E-state index contributed by atoms with van der Waals surface area (Å²) in [5, 5.41) is 0. The van der Waals surface area contributed by atoms with Gasteiger partial charge in [0, 0.05) is 28.7 Å². The second-order valence-electron chi connectivity index (χ2n) is 6.89. The molecule has 1 amide bonds. The summed E-state index contributed by atoms with van der Waals surface area (Å²) in [7, 11) is -3.57. The molecule has 2 aromatic rings. The van der Waals surface area contributed by atoms with Gasteiger partial charge in [-0.25, -0.2) is 8.42 Å². The van der Waals surface area contributed by atoms with E-state index in [2.05, 4.69) is 4.72 Å². The van der Waals surface area contributed by atoms with Gasteiger partial charge in [-0.2, -0.15) is 0 Å². The molecule has 0 bridgehead atoms. The highest BCUT2D eigenvalue weighted by Crippen LogP contribution is 2.37. The molecule has 0 radical (unpaired) electrons. The zero-order valence-corrected chi connectivity index (χ0v) is 16.3. The summed E-state index contributed by atoms with van der Waals surface area (Å²) in [6.45, 7) is 2.76. The molecule has 1 saturated carbocycles. The minimum atomic E-state index is -3.57. The van der Waals surface area contributed by atoms with Crippen LogP contribution < -0.4 is 9.62 Å². The first kappa shape index (κ1) is 17.5. The van der Waals surface area contributed by atoms with Crippen molar-refractivity contribution in [3.8, 4) is 0 Å². The molecular weight excluding hydrogens is 368 g/mol. The Morgan fingerprint density at radius 3 is 2.77 bits per heavy atom. The van der Waals surface area contributed by atoms with Crippen LogP contribution in [0.1, 0.15) is 36.6 Å². The predicted octanol–water partition coefficient (Wildman–Crippen LogP) is 3.80. The molecule has 0 saturated heterocycles. The van der Waals surface area contributed by atoms with E-state index in [0.29, 0.717) is 9.90 Å². The van der Waals surface area contributed by atoms with Crippen LogP contribution in [0.3, 0.4) is 0 Å². The topological polar surface area (TPSA) is 66.5 Å². The number of nitrogens with zero attached hydrogens (tertiary/aromatic N) is 1. The van der Waals surface area contributed by atoms with Crippen LogP contribution in [0.25, 0.3) is 0 Å². The number of rotatable bonds is 5. The fraction of sp³-hybridized carbons (Fsp3) is 0.421. The van der Waals surface area contributed by atoms with Gasteiger partial charge < -0.3 is 4.90 Å². The van der Waals surface area contributed by atoms with Gasteiger partial charge in [-0.15, -0.1) is 11.3 Å². The lowest BCUT2D eigenvalue weighted by atomic mass is 10.0. The van der Waals surface area contributed by atoms with Crippen LogP contribution in [-0.4, -0.2) is 20.9 Å². The van der Waals surface area contributed by atoms with Crippen molar-refractivity contribution in [3.63, 3.8) is 0 Å². The second kappa shape index (κ2) is 6.70. The van der Waals surface area contributed by atoms with Crippen molar-refractivity contribution >= 4 is 38.6 Å². The molecule has 1 aliphatic carbocycles. The maximum atomic E-state index is 12.6. The van der Waals surface area contributed by atoms with Gasteiger partial charge in [0.05, 0.1) is 0 Å². The minimum absolute atomic E-state index is 0.186. The van der Waals surface area contributed by atoms with E-state index in [-0.39, 0.29) is 11.8 Å². The number of anilines is 2. The van der Waals surface area contributed by atoms with Crippen LogP contribution in [0, 0.1) is 5.92 Å². The maximum Gasteiger partial charge on any atom is 0.271 e. The largest absolute Gasteiger partial charge is 0.312 e. The van der Waals surface area contributed by atoms with Gasteiger partial charge in [-0.3, -0.25) is 9.52 Å². The number of carbonyl (C=O) groups excluding carboxylic acids is 1. The number of thiophene rings is 1. The Morgan fingerprint density at radius 1 is 1.27 bits per heavy atom. The van der Waals surface area contributed by atoms with Crippen LogP contribution >= 0.6 is 11.3 Å². The van der Waals surface area contributed by atoms with Crippen LogP contribution in [-0.2, 0) is 27.7 Å². The number of benzene rings is 1. The molecular formula is C19H22N2O3S2. The molecule has 1 aromatic carbocycles. The summed E-state index contributed by atoms with van der Waals surface area (Å²) in [6, 6.07) is 9.00. The van der Waals surface area contributed by atoms with E-state index in [4.69, 9.17) is 0 Å². The molecule has 0 atom stereocenters. The molecule has 4 rings (SSSR count). The van der Waals surface area contributed by atoms with Gasteiger partial charge in [0.15, 0.2) is 0 Å². The molecule has 2 aliphatic rings. The monoisotopic (exact) mass is 390 g/mol. The lowest BCUT2D eigenvalue weighted by Crippen LogP contribution is -2.36. The van der Waals surface area contributed by atoms with Gasteiger partial charge >= 0.3 is 0 Å². The molecule has 2 heterocycles. The van der Waals surface area contributed by atoms with Crippen LogP contribution in [0.2, 0.25) is 0 Å². The molecule has 0 spiro atoms. The molecule has 1 aliphatic heterocycles. The molecule has 26 heavy (non-hydrogen) atoms. The molecule has 5 nitrogen and oxygen atoms in total. The van der Waals surface area contributed by atoms with Crippen molar-refractivity contribution in [2.45, 2.75) is 43.2 Å². The van der Waals surface area contributed by atoms with E-state index in [9.17, 15) is 13.2 Å². The van der Waals surface area contributed by atoms with Crippen molar-refractivity contribution < 1.29 is 13.2 Å². The average molecular weight is 391 g/mol. The molecule has 1 fully saturated rings. The zero-order valence-electron chi connectivity index (χ0n) is 14.7. The van der Waals surface area contributed by atoms with E-state index in [0.717, 1.165) is 54.8 Å². The second-order valence-corrected chi connectivity index (χ2v) is 9.97. The van der Waals surface area contributed by atoms with Gasteiger partial charge in [-0.05, 0) is 68.0 Å². The maximum absolute atomic E-state index is 12.6. The van der Waals surface area contributed by atoms with Gasteiger partial charge in [0.1, 0.15) is 4.21 Å². The lowest BCUT2D eigenvalue weighted by molar-refractivity contribution is -0.119. The summed E-state index contributed by atoms with van der Waals surface area (Å²) >= 11 is 1.30. The Hall–Kier alpha value is -1.86. The first-order valence-electron chi connectivity index (χ1n) is 9.04. The third kappa shape index (κ3) is 3.38. The highest BCUT2D eigenvalue weighted by molar-refractivity contribution is 7.94. The SMILES string of the molecule is CCc1ccc(S(=O)(=O)Nc2ccc3c(c2)CCCN3C(=O)C2CC2)s1. The summed E-state index contributed by atoms with van der Waals surface area (Å²) in [4.78, 5) is 15.4. The standard InChI is InChI=1S/C19H22N2O3S2/c1-2-16-8-10-18(25-16)26(23,24)20-15-7-9-17-14(12-15)4-3-11-21(17)19(22)13-5-6-13/h7-10,12-13,20H,2-6,11H2,1H3. The van der Waals surface area contributed by atoms with E-state index < -0.39 is 10.0 Å². The Labute approximate surface area is 158 Å². The fourth-order valence-corrected chi connectivity index (χ4v) is 5.68. The fourth-order valence-electron chi connectivity index (χ4n) is 3.34. The Morgan fingerprint density at radius 2 is 2.08 bits per heavy atom. The Bertz CT molecular complexity index is 945. The third-order valence-electron chi connectivity index (χ3n) is 4.89. The highest BCUT2D eigenvalue weighted by atomic mass is 32.2. The van der Waals surface area contributed by atoms with Crippen LogP contribution in [0.4, 0.5) is 11.4 Å². The molecule has 7 heteroatoms. The number of hydrogen-bond acceptors (Lipinski definition) is 4. The van der Waals surface area contributed by atoms with Gasteiger partial charge in [0.2, 0.25) is 5.91 Å². The van der Waals surface area contributed by atoms with Crippen molar-refractivity contribution in [2.75, 3.05) is 16.2 Å². The average Bonchev–Trinajstić information content (AvgIpc) is 3.36. The van der Waals surface area contributed by atoms with Gasteiger partial charge in [-0.1, -0.05) is 6.92 Å². The molecule has 1 aromatic heterocycles. The zero-order chi connectivity index (χ0) is 18.3. The predicted molar refractivity (Wildman–Crippen MR) is 104 cm³/mol. The number of nitrogens with one attached hydrogen (secondary N) is 1. The number of sulfonamides is 1. The summed E-state index contributed by atoms with van der Waals surface area (Å²) < 4.78 is 28.2. The summed E-state index contributed by atoms with van der Waals surface area (Å²) in [6.07, 6.45) is 4.57. The first-order chi connectivity index (χ1) is 12.5. The first-order valence-corrected chi connectivity index (χ1v) is 11.3.